The number of aryl methyl sites for hydroxylation is 1. The topological polar surface area (TPSA) is 26.3 Å². The summed E-state index contributed by atoms with van der Waals surface area (Å²) in [6.07, 6.45) is 0. The van der Waals surface area contributed by atoms with Gasteiger partial charge in [-0.3, -0.25) is 4.79 Å². The molecule has 2 aromatic carbocycles. The van der Waals surface area contributed by atoms with Gasteiger partial charge in [0.2, 0.25) is 0 Å². The first-order chi connectivity index (χ1) is 9.52. The molecule has 0 aliphatic rings. The first-order valence-electron chi connectivity index (χ1n) is 6.26. The highest BCUT2D eigenvalue weighted by atomic mass is 79.9. The number of carbonyl (C=O) groups is 1. The molecular weight excluding hydrogens is 384 g/mol. The molecule has 0 spiro atoms. The zero-order valence-corrected chi connectivity index (χ0v) is 14.4. The molecule has 0 unspecified atom stereocenters. The Morgan fingerprint density at radius 1 is 1.15 bits per heavy atom. The lowest BCUT2D eigenvalue weighted by atomic mass is 9.99. The van der Waals surface area contributed by atoms with Crippen molar-refractivity contribution in [3.63, 3.8) is 0 Å². The van der Waals surface area contributed by atoms with E-state index < -0.39 is 0 Å². The number of ketones is 1. The molecule has 20 heavy (non-hydrogen) atoms. The summed E-state index contributed by atoms with van der Waals surface area (Å²) in [5.74, 6) is 0.752. The van der Waals surface area contributed by atoms with E-state index in [0.29, 0.717) is 17.7 Å². The maximum atomic E-state index is 12.6. The van der Waals surface area contributed by atoms with E-state index in [1.807, 2.05) is 38.1 Å². The quantitative estimate of drug-likeness (QED) is 0.667. The Kier molecular flexibility index (Phi) is 5.00. The molecule has 0 aliphatic carbocycles. The summed E-state index contributed by atoms with van der Waals surface area (Å²) in [5.41, 5.74) is 2.31. The third-order valence-corrected chi connectivity index (χ3v) is 4.05. The average molecular weight is 398 g/mol. The minimum atomic E-state index is 0.00699. The summed E-state index contributed by atoms with van der Waals surface area (Å²) in [4.78, 5) is 12.6. The van der Waals surface area contributed by atoms with Crippen LogP contribution in [0.2, 0.25) is 0 Å². The molecule has 0 fully saturated rings. The lowest BCUT2D eigenvalue weighted by Crippen LogP contribution is -2.04. The first-order valence-corrected chi connectivity index (χ1v) is 7.84. The van der Waals surface area contributed by atoms with Gasteiger partial charge in [-0.15, -0.1) is 0 Å². The minimum Gasteiger partial charge on any atom is -0.493 e. The molecule has 0 aliphatic heterocycles. The van der Waals surface area contributed by atoms with E-state index in [-0.39, 0.29) is 5.78 Å². The van der Waals surface area contributed by atoms with E-state index >= 15 is 0 Å². The first kappa shape index (κ1) is 15.3. The summed E-state index contributed by atoms with van der Waals surface area (Å²) >= 11 is 6.84. The maximum absolute atomic E-state index is 12.6. The fourth-order valence-corrected chi connectivity index (χ4v) is 2.76. The second-order valence-corrected chi connectivity index (χ2v) is 6.14. The van der Waals surface area contributed by atoms with Gasteiger partial charge in [-0.1, -0.05) is 22.0 Å². The molecule has 0 N–H and O–H groups in total. The number of benzene rings is 2. The van der Waals surface area contributed by atoms with E-state index in [1.165, 1.54) is 0 Å². The highest BCUT2D eigenvalue weighted by Crippen LogP contribution is 2.28. The van der Waals surface area contributed by atoms with Crippen LogP contribution in [0.1, 0.15) is 28.4 Å². The van der Waals surface area contributed by atoms with Crippen molar-refractivity contribution in [2.24, 2.45) is 0 Å². The smallest absolute Gasteiger partial charge is 0.193 e. The molecule has 0 radical (unpaired) electrons. The zero-order chi connectivity index (χ0) is 14.7. The van der Waals surface area contributed by atoms with Gasteiger partial charge in [-0.2, -0.15) is 0 Å². The molecule has 2 rings (SSSR count). The Morgan fingerprint density at radius 2 is 1.90 bits per heavy atom. The Balaban J connectivity index is 2.38. The van der Waals surface area contributed by atoms with Crippen LogP contribution in [0.3, 0.4) is 0 Å². The van der Waals surface area contributed by atoms with Crippen molar-refractivity contribution in [2.75, 3.05) is 6.61 Å². The molecule has 4 heteroatoms. The molecule has 0 atom stereocenters. The van der Waals surface area contributed by atoms with Crippen LogP contribution in [-0.4, -0.2) is 12.4 Å². The minimum absolute atomic E-state index is 0.00699. The van der Waals surface area contributed by atoms with Gasteiger partial charge < -0.3 is 4.74 Å². The van der Waals surface area contributed by atoms with Crippen molar-refractivity contribution in [2.45, 2.75) is 13.8 Å². The third-order valence-electron chi connectivity index (χ3n) is 2.94. The van der Waals surface area contributed by atoms with Crippen molar-refractivity contribution < 1.29 is 9.53 Å². The van der Waals surface area contributed by atoms with Crippen LogP contribution in [0.15, 0.2) is 45.3 Å². The second kappa shape index (κ2) is 6.55. The Bertz CT molecular complexity index is 651. The fraction of sp³-hybridized carbons (Fsp3) is 0.188. The van der Waals surface area contributed by atoms with Gasteiger partial charge in [0.05, 0.1) is 11.1 Å². The molecule has 104 valence electrons. The highest BCUT2D eigenvalue weighted by molar-refractivity contribution is 9.10. The molecule has 0 amide bonds. The van der Waals surface area contributed by atoms with Gasteiger partial charge >= 0.3 is 0 Å². The van der Waals surface area contributed by atoms with Crippen molar-refractivity contribution in [3.05, 3.63) is 62.0 Å². The number of rotatable bonds is 4. The van der Waals surface area contributed by atoms with Crippen molar-refractivity contribution in [1.29, 1.82) is 0 Å². The number of ether oxygens (including phenoxy) is 1. The SMILES string of the molecule is CCOc1ccc(C(=O)c2cc(Br)ccc2C)cc1Br. The van der Waals surface area contributed by atoms with E-state index in [0.717, 1.165) is 20.3 Å². The Labute approximate surface area is 135 Å². The lowest BCUT2D eigenvalue weighted by molar-refractivity contribution is 0.103. The largest absolute Gasteiger partial charge is 0.493 e. The zero-order valence-electron chi connectivity index (χ0n) is 11.2. The highest BCUT2D eigenvalue weighted by Gasteiger charge is 2.14. The van der Waals surface area contributed by atoms with Crippen LogP contribution in [0.5, 0.6) is 5.75 Å². The van der Waals surface area contributed by atoms with Crippen LogP contribution in [0.4, 0.5) is 0 Å². The fourth-order valence-electron chi connectivity index (χ4n) is 1.91. The third kappa shape index (κ3) is 3.30. The summed E-state index contributed by atoms with van der Waals surface area (Å²) in [6, 6.07) is 11.1. The standard InChI is InChI=1S/C16H14Br2O2/c1-3-20-15-7-5-11(8-14(15)18)16(19)13-9-12(17)6-4-10(13)2/h4-9H,3H2,1-2H3. The molecule has 2 nitrogen and oxygen atoms in total. The van der Waals surface area contributed by atoms with Gasteiger partial charge in [0.25, 0.3) is 0 Å². The molecule has 0 aromatic heterocycles. The normalized spacial score (nSPS) is 10.4. The van der Waals surface area contributed by atoms with Crippen LogP contribution < -0.4 is 4.74 Å². The number of hydrogen-bond donors (Lipinski definition) is 0. The van der Waals surface area contributed by atoms with Gasteiger partial charge in [0, 0.05) is 15.6 Å². The van der Waals surface area contributed by atoms with Gasteiger partial charge in [0.15, 0.2) is 5.78 Å². The van der Waals surface area contributed by atoms with Gasteiger partial charge in [-0.25, -0.2) is 0 Å². The van der Waals surface area contributed by atoms with E-state index in [1.54, 1.807) is 12.1 Å². The number of hydrogen-bond acceptors (Lipinski definition) is 2. The second-order valence-electron chi connectivity index (χ2n) is 4.37. The van der Waals surface area contributed by atoms with Crippen LogP contribution in [0.25, 0.3) is 0 Å². The average Bonchev–Trinajstić information content (AvgIpc) is 2.43. The maximum Gasteiger partial charge on any atom is 0.193 e. The summed E-state index contributed by atoms with van der Waals surface area (Å²) < 4.78 is 7.14. The van der Waals surface area contributed by atoms with E-state index in [4.69, 9.17) is 4.74 Å². The molecule has 0 heterocycles. The van der Waals surface area contributed by atoms with Crippen LogP contribution in [0, 0.1) is 6.92 Å². The summed E-state index contributed by atoms with van der Waals surface area (Å²) in [5, 5.41) is 0. The number of carbonyl (C=O) groups excluding carboxylic acids is 1. The molecule has 0 saturated heterocycles. The molecule has 2 aromatic rings. The summed E-state index contributed by atoms with van der Waals surface area (Å²) in [7, 11) is 0. The molecule has 0 bridgehead atoms. The molecule has 0 saturated carbocycles. The predicted octanol–water partition coefficient (Wildman–Crippen LogP) is 5.15. The van der Waals surface area contributed by atoms with Crippen molar-refractivity contribution in [1.82, 2.24) is 0 Å². The Hall–Kier alpha value is -1.13. The van der Waals surface area contributed by atoms with Gasteiger partial charge in [-0.05, 0) is 65.7 Å². The van der Waals surface area contributed by atoms with Crippen molar-refractivity contribution in [3.8, 4) is 5.75 Å². The molecular formula is C16H14Br2O2. The Morgan fingerprint density at radius 3 is 2.55 bits per heavy atom. The predicted molar refractivity (Wildman–Crippen MR) is 87.6 cm³/mol. The van der Waals surface area contributed by atoms with Gasteiger partial charge in [0.1, 0.15) is 5.75 Å². The van der Waals surface area contributed by atoms with Crippen molar-refractivity contribution >= 4 is 37.6 Å². The lowest BCUT2D eigenvalue weighted by Gasteiger charge is -2.09. The van der Waals surface area contributed by atoms with E-state index in [9.17, 15) is 4.79 Å². The monoisotopic (exact) mass is 396 g/mol. The number of halogens is 2. The van der Waals surface area contributed by atoms with E-state index in [2.05, 4.69) is 31.9 Å². The summed E-state index contributed by atoms with van der Waals surface area (Å²) in [6.45, 7) is 4.45. The van der Waals surface area contributed by atoms with Crippen LogP contribution in [-0.2, 0) is 0 Å². The van der Waals surface area contributed by atoms with Crippen LogP contribution >= 0.6 is 31.9 Å².